The molecule has 37 heavy (non-hydrogen) atoms. The van der Waals surface area contributed by atoms with Gasteiger partial charge in [0.15, 0.2) is 0 Å². The molecule has 2 saturated carbocycles. The number of unbranched alkanes of at least 4 members (excludes halogenated alkanes) is 4. The van der Waals surface area contributed by atoms with Crippen LogP contribution in [0.3, 0.4) is 0 Å². The van der Waals surface area contributed by atoms with Crippen LogP contribution in [0.25, 0.3) is 0 Å². The summed E-state index contributed by atoms with van der Waals surface area (Å²) in [5.41, 5.74) is 0.923. The van der Waals surface area contributed by atoms with Gasteiger partial charge in [-0.05, 0) is 87.3 Å². The number of ether oxygens (including phenoxy) is 2. The van der Waals surface area contributed by atoms with Gasteiger partial charge in [0.05, 0.1) is 11.8 Å². The van der Waals surface area contributed by atoms with E-state index in [1.165, 1.54) is 51.4 Å². The number of carbonyl (C=O) groups is 2. The fraction of sp³-hybridized carbons (Fsp3) is 0.758. The van der Waals surface area contributed by atoms with Crippen molar-refractivity contribution in [3.63, 3.8) is 0 Å². The maximum Gasteiger partial charge on any atom is 0.314 e. The quantitative estimate of drug-likeness (QED) is 0.150. The summed E-state index contributed by atoms with van der Waals surface area (Å²) in [5, 5.41) is 0. The van der Waals surface area contributed by atoms with Gasteiger partial charge in [0.1, 0.15) is 11.5 Å². The molecule has 1 aromatic carbocycles. The van der Waals surface area contributed by atoms with Crippen LogP contribution in [0.1, 0.15) is 142 Å². The molecule has 0 bridgehead atoms. The van der Waals surface area contributed by atoms with Crippen molar-refractivity contribution in [1.29, 1.82) is 0 Å². The van der Waals surface area contributed by atoms with Crippen molar-refractivity contribution < 1.29 is 19.1 Å². The number of benzene rings is 1. The molecule has 0 heterocycles. The van der Waals surface area contributed by atoms with Crippen LogP contribution < -0.4 is 9.47 Å². The maximum atomic E-state index is 13.0. The normalized spacial score (nSPS) is 24.1. The summed E-state index contributed by atoms with van der Waals surface area (Å²) in [7, 11) is 0. The van der Waals surface area contributed by atoms with E-state index in [1.807, 2.05) is 12.1 Å². The average Bonchev–Trinajstić information content (AvgIpc) is 2.90. The van der Waals surface area contributed by atoms with Crippen LogP contribution in [-0.2, 0) is 9.59 Å². The molecule has 0 unspecified atom stereocenters. The summed E-state index contributed by atoms with van der Waals surface area (Å²) in [6.45, 7) is 8.66. The van der Waals surface area contributed by atoms with Gasteiger partial charge in [-0.25, -0.2) is 0 Å². The number of hydrogen-bond acceptors (Lipinski definition) is 4. The summed E-state index contributed by atoms with van der Waals surface area (Å²) in [5.74, 6) is 2.66. The Bertz CT molecular complexity index is 829. The third-order valence-corrected chi connectivity index (χ3v) is 8.82. The molecule has 0 N–H and O–H groups in total. The second-order valence-corrected chi connectivity index (χ2v) is 12.1. The van der Waals surface area contributed by atoms with Crippen LogP contribution >= 0.6 is 0 Å². The first-order chi connectivity index (χ1) is 17.9. The summed E-state index contributed by atoms with van der Waals surface area (Å²) in [6.07, 6.45) is 18.6. The van der Waals surface area contributed by atoms with Crippen LogP contribution in [0, 0.1) is 23.7 Å². The topological polar surface area (TPSA) is 52.6 Å². The minimum atomic E-state index is -0.109. The lowest BCUT2D eigenvalue weighted by molar-refractivity contribution is -0.141. The molecule has 3 rings (SSSR count). The summed E-state index contributed by atoms with van der Waals surface area (Å²) < 4.78 is 11.8. The molecule has 4 heteroatoms. The maximum absolute atomic E-state index is 13.0. The lowest BCUT2D eigenvalue weighted by Crippen LogP contribution is -2.26. The van der Waals surface area contributed by atoms with Gasteiger partial charge >= 0.3 is 11.9 Å². The van der Waals surface area contributed by atoms with Crippen molar-refractivity contribution in [1.82, 2.24) is 0 Å². The highest BCUT2D eigenvalue weighted by Crippen LogP contribution is 2.37. The van der Waals surface area contributed by atoms with Crippen LogP contribution in [-0.4, -0.2) is 11.9 Å². The zero-order valence-corrected chi connectivity index (χ0v) is 24.1. The number of esters is 2. The molecule has 0 amide bonds. The van der Waals surface area contributed by atoms with Crippen LogP contribution in [0.5, 0.6) is 11.5 Å². The van der Waals surface area contributed by atoms with Crippen molar-refractivity contribution in [3.05, 3.63) is 23.8 Å². The van der Waals surface area contributed by atoms with Gasteiger partial charge in [0.25, 0.3) is 0 Å². The Morgan fingerprint density at radius 3 is 1.68 bits per heavy atom. The zero-order chi connectivity index (χ0) is 26.6. The average molecular weight is 513 g/mol. The summed E-state index contributed by atoms with van der Waals surface area (Å²) >= 11 is 0. The van der Waals surface area contributed by atoms with Gasteiger partial charge < -0.3 is 9.47 Å². The Labute approximate surface area is 226 Å². The first kappa shape index (κ1) is 29.7. The molecular weight excluding hydrogens is 460 g/mol. The lowest BCUT2D eigenvalue weighted by atomic mass is 9.80. The van der Waals surface area contributed by atoms with Gasteiger partial charge in [0, 0.05) is 5.56 Å². The Morgan fingerprint density at radius 2 is 1.22 bits per heavy atom. The molecule has 0 saturated heterocycles. The number of rotatable bonds is 13. The molecule has 2 fully saturated rings. The van der Waals surface area contributed by atoms with Crippen molar-refractivity contribution in [2.75, 3.05) is 0 Å². The highest BCUT2D eigenvalue weighted by atomic mass is 16.5. The molecule has 4 nitrogen and oxygen atoms in total. The highest BCUT2D eigenvalue weighted by molar-refractivity contribution is 5.77. The molecule has 1 aromatic rings. The molecule has 0 aromatic heterocycles. The Hall–Kier alpha value is -1.84. The monoisotopic (exact) mass is 512 g/mol. The molecule has 0 aliphatic heterocycles. The van der Waals surface area contributed by atoms with E-state index in [9.17, 15) is 9.59 Å². The first-order valence-corrected chi connectivity index (χ1v) is 15.5. The predicted octanol–water partition coefficient (Wildman–Crippen LogP) is 9.39. The number of hydrogen-bond donors (Lipinski definition) is 0. The van der Waals surface area contributed by atoms with Crippen LogP contribution in [0.4, 0.5) is 0 Å². The second kappa shape index (κ2) is 15.5. The smallest absolute Gasteiger partial charge is 0.314 e. The summed E-state index contributed by atoms with van der Waals surface area (Å²) in [6, 6.07) is 5.50. The molecule has 0 atom stereocenters. The van der Waals surface area contributed by atoms with E-state index in [0.717, 1.165) is 68.8 Å². The van der Waals surface area contributed by atoms with Crippen molar-refractivity contribution in [2.45, 2.75) is 136 Å². The van der Waals surface area contributed by atoms with Gasteiger partial charge in [-0.1, -0.05) is 79.1 Å². The van der Waals surface area contributed by atoms with Crippen LogP contribution in [0.2, 0.25) is 0 Å². The van der Waals surface area contributed by atoms with E-state index in [-0.39, 0.29) is 29.7 Å². The van der Waals surface area contributed by atoms with E-state index in [1.54, 1.807) is 6.07 Å². The van der Waals surface area contributed by atoms with E-state index in [0.29, 0.717) is 11.5 Å². The SMILES string of the molecule is CCCCCC1CCC(C(=O)Oc2ccc(OC(=O)C3CCC(CCCCC)CC3)c(C(C)C)c2)CC1. The van der Waals surface area contributed by atoms with Crippen molar-refractivity contribution in [2.24, 2.45) is 23.7 Å². The van der Waals surface area contributed by atoms with Gasteiger partial charge in [-0.3, -0.25) is 9.59 Å². The lowest BCUT2D eigenvalue weighted by Gasteiger charge is -2.28. The Kier molecular flexibility index (Phi) is 12.5. The van der Waals surface area contributed by atoms with Crippen molar-refractivity contribution in [3.8, 4) is 11.5 Å². The van der Waals surface area contributed by atoms with Gasteiger partial charge in [-0.2, -0.15) is 0 Å². The molecule has 208 valence electrons. The predicted molar refractivity (Wildman–Crippen MR) is 151 cm³/mol. The third-order valence-electron chi connectivity index (χ3n) is 8.82. The fourth-order valence-corrected chi connectivity index (χ4v) is 6.27. The minimum absolute atomic E-state index is 0.000436. The van der Waals surface area contributed by atoms with Crippen molar-refractivity contribution >= 4 is 11.9 Å². The van der Waals surface area contributed by atoms with Gasteiger partial charge in [-0.15, -0.1) is 0 Å². The minimum Gasteiger partial charge on any atom is -0.426 e. The molecular formula is C33H52O4. The standard InChI is InChI=1S/C33H52O4/c1-5-7-9-11-25-13-17-27(18-14-25)32(34)36-29-21-22-31(30(23-29)24(3)4)37-33(35)28-19-15-26(16-20-28)12-10-8-6-2/h21-28H,5-20H2,1-4H3. The third kappa shape index (κ3) is 9.45. The Morgan fingerprint density at radius 1 is 0.730 bits per heavy atom. The molecule has 2 aliphatic carbocycles. The first-order valence-electron chi connectivity index (χ1n) is 15.5. The fourth-order valence-electron chi connectivity index (χ4n) is 6.27. The zero-order valence-electron chi connectivity index (χ0n) is 24.1. The molecule has 0 spiro atoms. The highest BCUT2D eigenvalue weighted by Gasteiger charge is 2.29. The molecule has 2 aliphatic rings. The van der Waals surface area contributed by atoms with E-state index in [4.69, 9.17) is 9.47 Å². The van der Waals surface area contributed by atoms with Crippen LogP contribution in [0.15, 0.2) is 18.2 Å². The second-order valence-electron chi connectivity index (χ2n) is 12.1. The van der Waals surface area contributed by atoms with E-state index in [2.05, 4.69) is 27.7 Å². The molecule has 0 radical (unpaired) electrons. The van der Waals surface area contributed by atoms with Gasteiger partial charge in [0.2, 0.25) is 0 Å². The largest absolute Gasteiger partial charge is 0.426 e. The Balaban J connectivity index is 1.50. The van der Waals surface area contributed by atoms with E-state index >= 15 is 0 Å². The number of carbonyl (C=O) groups excluding carboxylic acids is 2. The summed E-state index contributed by atoms with van der Waals surface area (Å²) in [4.78, 5) is 25.9. The van der Waals surface area contributed by atoms with E-state index < -0.39 is 0 Å².